The van der Waals surface area contributed by atoms with Crippen molar-refractivity contribution in [3.8, 4) is 11.3 Å². The van der Waals surface area contributed by atoms with E-state index in [9.17, 15) is 0 Å². The van der Waals surface area contributed by atoms with Crippen LogP contribution < -0.4 is 10.6 Å². The zero-order valence-corrected chi connectivity index (χ0v) is 19.8. The first-order valence-corrected chi connectivity index (χ1v) is 11.5. The zero-order chi connectivity index (χ0) is 22.4. The van der Waals surface area contributed by atoms with E-state index in [1.54, 1.807) is 0 Å². The van der Waals surface area contributed by atoms with Gasteiger partial charge in [-0.3, -0.25) is 4.98 Å². The first kappa shape index (κ1) is 21.0. The van der Waals surface area contributed by atoms with Gasteiger partial charge in [0.05, 0.1) is 22.1 Å². The van der Waals surface area contributed by atoms with Gasteiger partial charge < -0.3 is 15.5 Å². The molecule has 2 aromatic heterocycles. The fourth-order valence-electron chi connectivity index (χ4n) is 4.60. The first-order valence-electron chi connectivity index (χ1n) is 11.1. The molecule has 2 N–H and O–H groups in total. The molecular weight excluding hydrogens is 416 g/mol. The maximum Gasteiger partial charge on any atom is 0.227 e. The van der Waals surface area contributed by atoms with E-state index in [1.807, 2.05) is 13.1 Å². The summed E-state index contributed by atoms with van der Waals surface area (Å²) >= 11 is 5.53. The fourth-order valence-corrected chi connectivity index (χ4v) is 4.87. The van der Waals surface area contributed by atoms with Crippen LogP contribution in [0.3, 0.4) is 0 Å². The highest BCUT2D eigenvalue weighted by Crippen LogP contribution is 2.34. The molecular formula is C25H28N6S. The Labute approximate surface area is 194 Å². The highest BCUT2D eigenvalue weighted by molar-refractivity contribution is 7.80. The standard InChI is InChI=1S/C25H28N6S/c1-14-5-7-19-22(9-14)28-23(32)12-17-13-26-25(30-24(17)19)29-21-11-16-10-18(31(3)4)6-8-20(16)27-15(21)2/h5,7,9,11,13,18H,6,8,10,12H2,1-4H3,(H,28,32)(H,26,29,30)/t18-/m1/s1. The molecule has 0 spiro atoms. The number of rotatable bonds is 3. The molecule has 7 heteroatoms. The summed E-state index contributed by atoms with van der Waals surface area (Å²) in [5.74, 6) is 0.577. The second-order valence-corrected chi connectivity index (χ2v) is 9.55. The third-order valence-corrected chi connectivity index (χ3v) is 6.69. The molecule has 3 heterocycles. The number of likely N-dealkylation sites (N-methyl/N-ethyl adjacent to an activating group) is 1. The lowest BCUT2D eigenvalue weighted by molar-refractivity contribution is 0.266. The summed E-state index contributed by atoms with van der Waals surface area (Å²) in [6.07, 6.45) is 5.71. The van der Waals surface area contributed by atoms with Crippen LogP contribution in [-0.4, -0.2) is 45.0 Å². The molecule has 2 aliphatic rings. The summed E-state index contributed by atoms with van der Waals surface area (Å²) in [6.45, 7) is 4.13. The van der Waals surface area contributed by atoms with Gasteiger partial charge in [0.15, 0.2) is 0 Å². The van der Waals surface area contributed by atoms with Gasteiger partial charge in [-0.05, 0) is 70.5 Å². The van der Waals surface area contributed by atoms with E-state index in [1.165, 1.54) is 16.8 Å². The van der Waals surface area contributed by atoms with E-state index in [2.05, 4.69) is 65.8 Å². The lowest BCUT2D eigenvalue weighted by atomic mass is 9.90. The van der Waals surface area contributed by atoms with Gasteiger partial charge in [-0.25, -0.2) is 9.97 Å². The molecule has 0 saturated heterocycles. The Morgan fingerprint density at radius 1 is 1.12 bits per heavy atom. The van der Waals surface area contributed by atoms with Crippen LogP contribution in [0.1, 0.15) is 34.5 Å². The Hall–Kier alpha value is -2.90. The number of thiocarbonyl (C=S) groups is 1. The van der Waals surface area contributed by atoms with Gasteiger partial charge in [0.2, 0.25) is 5.95 Å². The molecule has 164 valence electrons. The van der Waals surface area contributed by atoms with E-state index >= 15 is 0 Å². The summed E-state index contributed by atoms with van der Waals surface area (Å²) in [4.78, 5) is 17.5. The summed E-state index contributed by atoms with van der Waals surface area (Å²) in [5, 5.41) is 6.80. The van der Waals surface area contributed by atoms with Crippen LogP contribution in [0.15, 0.2) is 30.5 Å². The minimum atomic E-state index is 0.555. The SMILES string of the molecule is Cc1ccc2c(c1)NC(=S)Cc1cnc(Nc3cc4c(nc3C)CC[C@@H](N(C)C)C4)nc1-2. The highest BCUT2D eigenvalue weighted by atomic mass is 32.1. The van der Waals surface area contributed by atoms with E-state index in [4.69, 9.17) is 22.2 Å². The van der Waals surface area contributed by atoms with Crippen LogP contribution in [0.4, 0.5) is 17.3 Å². The molecule has 1 atom stereocenters. The molecule has 32 heavy (non-hydrogen) atoms. The van der Waals surface area contributed by atoms with Crippen LogP contribution in [0.5, 0.6) is 0 Å². The van der Waals surface area contributed by atoms with Gasteiger partial charge in [-0.15, -0.1) is 0 Å². The number of hydrogen-bond acceptors (Lipinski definition) is 6. The third kappa shape index (κ3) is 3.98. The zero-order valence-electron chi connectivity index (χ0n) is 19.0. The number of benzene rings is 1. The average Bonchev–Trinajstić information content (AvgIpc) is 2.88. The Kier molecular flexibility index (Phi) is 5.39. The van der Waals surface area contributed by atoms with Gasteiger partial charge in [0.1, 0.15) is 0 Å². The number of anilines is 3. The summed E-state index contributed by atoms with van der Waals surface area (Å²) in [5.41, 5.74) is 9.65. The van der Waals surface area contributed by atoms with Gasteiger partial charge in [0.25, 0.3) is 0 Å². The predicted octanol–water partition coefficient (Wildman–Crippen LogP) is 4.61. The molecule has 6 nitrogen and oxygen atoms in total. The van der Waals surface area contributed by atoms with Crippen molar-refractivity contribution in [2.45, 2.75) is 45.6 Å². The molecule has 1 aliphatic carbocycles. The minimum Gasteiger partial charge on any atom is -0.349 e. The normalized spacial score (nSPS) is 17.2. The Bertz CT molecular complexity index is 1220. The summed E-state index contributed by atoms with van der Waals surface area (Å²) in [7, 11) is 4.31. The molecule has 0 fully saturated rings. The van der Waals surface area contributed by atoms with Crippen molar-refractivity contribution in [2.75, 3.05) is 24.7 Å². The number of nitrogens with one attached hydrogen (secondary N) is 2. The smallest absolute Gasteiger partial charge is 0.227 e. The summed E-state index contributed by atoms with van der Waals surface area (Å²) < 4.78 is 0. The minimum absolute atomic E-state index is 0.555. The van der Waals surface area contributed by atoms with Gasteiger partial charge >= 0.3 is 0 Å². The molecule has 0 saturated carbocycles. The topological polar surface area (TPSA) is 66.0 Å². The lowest BCUT2D eigenvalue weighted by Crippen LogP contribution is -2.34. The molecule has 1 aromatic carbocycles. The van der Waals surface area contributed by atoms with Gasteiger partial charge in [0, 0.05) is 41.2 Å². The molecule has 3 aromatic rings. The van der Waals surface area contributed by atoms with Crippen LogP contribution in [-0.2, 0) is 19.3 Å². The monoisotopic (exact) mass is 444 g/mol. The van der Waals surface area contributed by atoms with E-state index in [0.29, 0.717) is 18.4 Å². The Morgan fingerprint density at radius 2 is 1.97 bits per heavy atom. The Balaban J connectivity index is 1.50. The first-order chi connectivity index (χ1) is 15.4. The van der Waals surface area contributed by atoms with Crippen molar-refractivity contribution < 1.29 is 0 Å². The summed E-state index contributed by atoms with van der Waals surface area (Å²) in [6, 6.07) is 9.11. The molecule has 0 radical (unpaired) electrons. The quantitative estimate of drug-likeness (QED) is 0.572. The van der Waals surface area contributed by atoms with Gasteiger partial charge in [-0.2, -0.15) is 0 Å². The highest BCUT2D eigenvalue weighted by Gasteiger charge is 2.23. The largest absolute Gasteiger partial charge is 0.349 e. The van der Waals surface area contributed by atoms with Crippen molar-refractivity contribution in [1.82, 2.24) is 19.9 Å². The molecule has 1 aliphatic heterocycles. The van der Waals surface area contributed by atoms with Crippen molar-refractivity contribution in [3.63, 3.8) is 0 Å². The van der Waals surface area contributed by atoms with E-state index in [-0.39, 0.29) is 0 Å². The van der Waals surface area contributed by atoms with Crippen LogP contribution in [0.2, 0.25) is 0 Å². The number of hydrogen-bond donors (Lipinski definition) is 2. The van der Waals surface area contributed by atoms with Crippen LogP contribution in [0, 0.1) is 13.8 Å². The van der Waals surface area contributed by atoms with Crippen molar-refractivity contribution >= 4 is 34.5 Å². The van der Waals surface area contributed by atoms with E-state index < -0.39 is 0 Å². The maximum absolute atomic E-state index is 5.53. The number of aryl methyl sites for hydroxylation is 3. The van der Waals surface area contributed by atoms with Crippen molar-refractivity contribution in [1.29, 1.82) is 0 Å². The molecule has 0 bridgehead atoms. The van der Waals surface area contributed by atoms with Crippen molar-refractivity contribution in [2.24, 2.45) is 0 Å². The van der Waals surface area contributed by atoms with Crippen LogP contribution >= 0.6 is 12.2 Å². The van der Waals surface area contributed by atoms with Crippen LogP contribution in [0.25, 0.3) is 11.3 Å². The van der Waals surface area contributed by atoms with Crippen molar-refractivity contribution in [3.05, 3.63) is 58.5 Å². The second-order valence-electron chi connectivity index (χ2n) is 9.05. The average molecular weight is 445 g/mol. The van der Waals surface area contributed by atoms with E-state index in [0.717, 1.165) is 58.1 Å². The molecule has 5 rings (SSSR count). The number of aromatic nitrogens is 3. The third-order valence-electron chi connectivity index (χ3n) is 6.45. The predicted molar refractivity (Wildman–Crippen MR) is 134 cm³/mol. The number of pyridine rings is 1. The number of fused-ring (bicyclic) bond motifs is 4. The molecule has 0 amide bonds. The molecule has 0 unspecified atom stereocenters. The fraction of sp³-hybridized carbons (Fsp3) is 0.360. The Morgan fingerprint density at radius 3 is 2.78 bits per heavy atom. The lowest BCUT2D eigenvalue weighted by Gasteiger charge is -2.30. The maximum atomic E-state index is 5.53. The number of nitrogens with zero attached hydrogens (tertiary/aromatic N) is 4. The second kappa shape index (κ2) is 8.22. The van der Waals surface area contributed by atoms with Gasteiger partial charge in [-0.1, -0.05) is 24.4 Å².